The molecule has 0 saturated carbocycles. The van der Waals surface area contributed by atoms with Crippen molar-refractivity contribution in [2.24, 2.45) is 5.92 Å². The molecule has 0 aliphatic carbocycles. The van der Waals surface area contributed by atoms with E-state index in [1.54, 1.807) is 13.0 Å². The number of ketones is 2. The van der Waals surface area contributed by atoms with Gasteiger partial charge in [0.25, 0.3) is 0 Å². The topological polar surface area (TPSA) is 34.1 Å². The van der Waals surface area contributed by atoms with E-state index in [-0.39, 0.29) is 22.7 Å². The standard InChI is InChI=1S/C11H13BrO2S/c1-2-7(12)11(14)10-8(13)5-6-3-4-9(10)15-6/h2,6,9-10H,3-5H2,1H3/b7-2-/t6-,9+,10-/m1/s1. The highest BCUT2D eigenvalue weighted by molar-refractivity contribution is 9.12. The van der Waals surface area contributed by atoms with E-state index in [1.807, 2.05) is 11.8 Å². The van der Waals surface area contributed by atoms with Crippen LogP contribution in [0.5, 0.6) is 0 Å². The zero-order valence-corrected chi connectivity index (χ0v) is 10.9. The summed E-state index contributed by atoms with van der Waals surface area (Å²) in [4.78, 5) is 23.8. The number of hydrogen-bond acceptors (Lipinski definition) is 3. The Morgan fingerprint density at radius 1 is 1.53 bits per heavy atom. The molecule has 2 aliphatic rings. The summed E-state index contributed by atoms with van der Waals surface area (Å²) >= 11 is 5.06. The Hall–Kier alpha value is -0.0900. The minimum atomic E-state index is -0.390. The molecule has 0 aromatic carbocycles. The number of halogens is 1. The number of hydrogen-bond donors (Lipinski definition) is 0. The summed E-state index contributed by atoms with van der Waals surface area (Å²) in [5.74, 6) is -0.273. The Morgan fingerprint density at radius 2 is 2.27 bits per heavy atom. The Morgan fingerprint density at radius 3 is 2.93 bits per heavy atom. The van der Waals surface area contributed by atoms with Crippen molar-refractivity contribution in [2.75, 3.05) is 0 Å². The van der Waals surface area contributed by atoms with Crippen LogP contribution in [0.3, 0.4) is 0 Å². The molecule has 82 valence electrons. The predicted molar refractivity (Wildman–Crippen MR) is 65.2 cm³/mol. The highest BCUT2D eigenvalue weighted by Crippen LogP contribution is 2.46. The third-order valence-electron chi connectivity index (χ3n) is 3.06. The molecule has 2 saturated heterocycles. The molecule has 2 rings (SSSR count). The first-order valence-corrected chi connectivity index (χ1v) is 6.91. The largest absolute Gasteiger partial charge is 0.299 e. The second-order valence-corrected chi connectivity index (χ2v) is 6.42. The van der Waals surface area contributed by atoms with Gasteiger partial charge in [-0.05, 0) is 35.7 Å². The fraction of sp³-hybridized carbons (Fsp3) is 0.636. The lowest BCUT2D eigenvalue weighted by molar-refractivity contribution is -0.130. The molecule has 3 atom stereocenters. The number of rotatable bonds is 2. The monoisotopic (exact) mass is 288 g/mol. The van der Waals surface area contributed by atoms with Crippen molar-refractivity contribution in [1.82, 2.24) is 0 Å². The molecule has 2 nitrogen and oxygen atoms in total. The Bertz CT molecular complexity index is 337. The average Bonchev–Trinajstić information content (AvgIpc) is 2.59. The highest BCUT2D eigenvalue weighted by Gasteiger charge is 2.45. The molecular formula is C11H13BrO2S. The first kappa shape index (κ1) is 11.4. The van der Waals surface area contributed by atoms with Gasteiger partial charge in [0.15, 0.2) is 5.78 Å². The van der Waals surface area contributed by atoms with Gasteiger partial charge in [-0.3, -0.25) is 9.59 Å². The molecule has 2 heterocycles. The smallest absolute Gasteiger partial charge is 0.181 e. The molecule has 15 heavy (non-hydrogen) atoms. The molecule has 2 bridgehead atoms. The van der Waals surface area contributed by atoms with E-state index >= 15 is 0 Å². The third-order valence-corrected chi connectivity index (χ3v) is 5.55. The molecule has 2 fully saturated rings. The van der Waals surface area contributed by atoms with Crippen LogP contribution in [-0.4, -0.2) is 22.1 Å². The molecule has 0 N–H and O–H groups in total. The van der Waals surface area contributed by atoms with Crippen LogP contribution in [0.2, 0.25) is 0 Å². The van der Waals surface area contributed by atoms with Crippen LogP contribution in [0.4, 0.5) is 0 Å². The molecule has 0 aromatic rings. The summed E-state index contributed by atoms with van der Waals surface area (Å²) in [7, 11) is 0. The summed E-state index contributed by atoms with van der Waals surface area (Å²) in [5, 5.41) is 0.715. The zero-order valence-electron chi connectivity index (χ0n) is 8.53. The van der Waals surface area contributed by atoms with E-state index in [2.05, 4.69) is 15.9 Å². The van der Waals surface area contributed by atoms with E-state index in [0.29, 0.717) is 16.2 Å². The Labute approximate surface area is 102 Å². The van der Waals surface area contributed by atoms with E-state index in [1.165, 1.54) is 0 Å². The van der Waals surface area contributed by atoms with Gasteiger partial charge in [-0.25, -0.2) is 0 Å². The molecule has 0 radical (unpaired) electrons. The molecule has 0 unspecified atom stereocenters. The normalized spacial score (nSPS) is 35.7. The lowest BCUT2D eigenvalue weighted by Gasteiger charge is -2.25. The average molecular weight is 289 g/mol. The van der Waals surface area contributed by atoms with E-state index < -0.39 is 0 Å². The number of Topliss-reactive ketones (excluding diaryl/α,β-unsaturated/α-hetero) is 2. The first-order valence-electron chi connectivity index (χ1n) is 5.17. The molecule has 0 aromatic heterocycles. The van der Waals surface area contributed by atoms with Crippen LogP contribution in [0, 0.1) is 5.92 Å². The van der Waals surface area contributed by atoms with Crippen LogP contribution in [-0.2, 0) is 9.59 Å². The maximum absolute atomic E-state index is 12.0. The van der Waals surface area contributed by atoms with Gasteiger partial charge in [-0.2, -0.15) is 11.8 Å². The maximum Gasteiger partial charge on any atom is 0.181 e. The first-order chi connectivity index (χ1) is 7.13. The quantitative estimate of drug-likeness (QED) is 0.579. The van der Waals surface area contributed by atoms with Crippen LogP contribution in [0.15, 0.2) is 10.6 Å². The van der Waals surface area contributed by atoms with E-state index in [9.17, 15) is 9.59 Å². The van der Waals surface area contributed by atoms with Crippen LogP contribution in [0.1, 0.15) is 26.2 Å². The van der Waals surface area contributed by atoms with Gasteiger partial charge in [0, 0.05) is 16.9 Å². The molecule has 0 amide bonds. The van der Waals surface area contributed by atoms with Gasteiger partial charge < -0.3 is 0 Å². The van der Waals surface area contributed by atoms with Crippen molar-refractivity contribution in [3.63, 3.8) is 0 Å². The summed E-state index contributed by atoms with van der Waals surface area (Å²) in [6.07, 6.45) is 4.42. The summed E-state index contributed by atoms with van der Waals surface area (Å²) in [5.41, 5.74) is 0. The zero-order chi connectivity index (χ0) is 11.0. The van der Waals surface area contributed by atoms with Crippen LogP contribution in [0.25, 0.3) is 0 Å². The Balaban J connectivity index is 2.20. The molecular weight excluding hydrogens is 276 g/mol. The highest BCUT2D eigenvalue weighted by atomic mass is 79.9. The summed E-state index contributed by atoms with van der Waals surface area (Å²) < 4.78 is 0.548. The predicted octanol–water partition coefficient (Wildman–Crippen LogP) is 2.71. The number of fused-ring (bicyclic) bond motifs is 2. The van der Waals surface area contributed by atoms with Crippen molar-refractivity contribution < 1.29 is 9.59 Å². The third kappa shape index (κ3) is 2.07. The number of thioether (sulfide) groups is 1. The summed E-state index contributed by atoms with van der Waals surface area (Å²) in [6, 6.07) is 0. The van der Waals surface area contributed by atoms with Gasteiger partial charge in [0.1, 0.15) is 5.78 Å². The van der Waals surface area contributed by atoms with E-state index in [0.717, 1.165) is 12.8 Å². The number of carbonyl (C=O) groups excluding carboxylic acids is 2. The SMILES string of the molecule is C/C=C(\Br)C(=O)[C@@H]1C(=O)C[C@H]2CC[C@@H]1S2. The fourth-order valence-corrected chi connectivity index (χ4v) is 4.27. The van der Waals surface area contributed by atoms with Crippen molar-refractivity contribution >= 4 is 39.3 Å². The molecule has 0 spiro atoms. The van der Waals surface area contributed by atoms with Crippen molar-refractivity contribution in [3.05, 3.63) is 10.6 Å². The van der Waals surface area contributed by atoms with Crippen LogP contribution < -0.4 is 0 Å². The van der Waals surface area contributed by atoms with Gasteiger partial charge in [0.05, 0.1) is 10.4 Å². The number of allylic oxidation sites excluding steroid dienone is 2. The van der Waals surface area contributed by atoms with Crippen molar-refractivity contribution in [3.8, 4) is 0 Å². The lowest BCUT2D eigenvalue weighted by Crippen LogP contribution is -2.36. The molecule has 4 heteroatoms. The van der Waals surface area contributed by atoms with Gasteiger partial charge in [-0.15, -0.1) is 0 Å². The minimum Gasteiger partial charge on any atom is -0.299 e. The second-order valence-electron chi connectivity index (χ2n) is 4.02. The minimum absolute atomic E-state index is 0.0275. The number of carbonyl (C=O) groups is 2. The van der Waals surface area contributed by atoms with Crippen LogP contribution >= 0.6 is 27.7 Å². The van der Waals surface area contributed by atoms with Gasteiger partial charge >= 0.3 is 0 Å². The second kappa shape index (κ2) is 4.42. The van der Waals surface area contributed by atoms with E-state index in [4.69, 9.17) is 0 Å². The van der Waals surface area contributed by atoms with Crippen molar-refractivity contribution in [2.45, 2.75) is 36.7 Å². The fourth-order valence-electron chi connectivity index (χ4n) is 2.29. The van der Waals surface area contributed by atoms with Crippen molar-refractivity contribution in [1.29, 1.82) is 0 Å². The maximum atomic E-state index is 12.0. The summed E-state index contributed by atoms with van der Waals surface area (Å²) in [6.45, 7) is 1.81. The lowest BCUT2D eigenvalue weighted by atomic mass is 9.93. The molecule has 2 aliphatic heterocycles. The van der Waals surface area contributed by atoms with Gasteiger partial charge in [0.2, 0.25) is 0 Å². The van der Waals surface area contributed by atoms with Gasteiger partial charge in [-0.1, -0.05) is 6.08 Å². The Kier molecular flexibility index (Phi) is 3.36.